The van der Waals surface area contributed by atoms with Crippen LogP contribution in [0.15, 0.2) is 18.3 Å². The van der Waals surface area contributed by atoms with Crippen LogP contribution >= 0.6 is 0 Å². The van der Waals surface area contributed by atoms with Gasteiger partial charge in [0.25, 0.3) is 0 Å². The molecule has 2 rings (SSSR count). The number of aromatic amines is 1. The standard InChI is InChI=1S/C11H17N3O/c15-11(10-2-1-4-14-10)8-13-7-9-3-5-12-6-9/h1-2,4,9,12-14H,3,5-8H2/t9-/m1/s1. The summed E-state index contributed by atoms with van der Waals surface area (Å²) in [5.41, 5.74) is 0.687. The van der Waals surface area contributed by atoms with E-state index >= 15 is 0 Å². The Kier molecular flexibility index (Phi) is 3.53. The predicted octanol–water partition coefficient (Wildman–Crippen LogP) is 0.396. The van der Waals surface area contributed by atoms with Gasteiger partial charge in [-0.3, -0.25) is 4.79 Å². The van der Waals surface area contributed by atoms with E-state index in [0.29, 0.717) is 18.2 Å². The fraction of sp³-hybridized carbons (Fsp3) is 0.545. The zero-order chi connectivity index (χ0) is 10.5. The van der Waals surface area contributed by atoms with Crippen LogP contribution < -0.4 is 10.6 Å². The highest BCUT2D eigenvalue weighted by Crippen LogP contribution is 2.05. The number of Topliss-reactive ketones (excluding diaryl/α,β-unsaturated/α-hetero) is 1. The number of hydrogen-bond donors (Lipinski definition) is 3. The predicted molar refractivity (Wildman–Crippen MR) is 59.0 cm³/mol. The molecule has 0 amide bonds. The minimum atomic E-state index is 0.131. The quantitative estimate of drug-likeness (QED) is 0.612. The average Bonchev–Trinajstić information content (AvgIpc) is 2.90. The molecular weight excluding hydrogens is 190 g/mol. The van der Waals surface area contributed by atoms with Gasteiger partial charge in [0, 0.05) is 6.20 Å². The zero-order valence-electron chi connectivity index (χ0n) is 8.75. The summed E-state index contributed by atoms with van der Waals surface area (Å²) in [5.74, 6) is 0.812. The third kappa shape index (κ3) is 2.91. The monoisotopic (exact) mass is 207 g/mol. The lowest BCUT2D eigenvalue weighted by atomic mass is 10.1. The Morgan fingerprint density at radius 2 is 2.53 bits per heavy atom. The Hall–Kier alpha value is -1.13. The van der Waals surface area contributed by atoms with Gasteiger partial charge >= 0.3 is 0 Å². The summed E-state index contributed by atoms with van der Waals surface area (Å²) in [7, 11) is 0. The summed E-state index contributed by atoms with van der Waals surface area (Å²) in [6, 6.07) is 3.65. The van der Waals surface area contributed by atoms with E-state index < -0.39 is 0 Å². The summed E-state index contributed by atoms with van der Waals surface area (Å²) in [4.78, 5) is 14.5. The van der Waals surface area contributed by atoms with Crippen molar-refractivity contribution in [1.82, 2.24) is 15.6 Å². The van der Waals surface area contributed by atoms with Gasteiger partial charge in [-0.05, 0) is 44.1 Å². The molecule has 1 aromatic rings. The maximum Gasteiger partial charge on any atom is 0.192 e. The molecule has 0 saturated carbocycles. The van der Waals surface area contributed by atoms with Crippen LogP contribution in [0.25, 0.3) is 0 Å². The summed E-state index contributed by atoms with van der Waals surface area (Å²) in [6.07, 6.45) is 2.98. The normalized spacial score (nSPS) is 20.7. The molecule has 0 spiro atoms. The highest BCUT2D eigenvalue weighted by atomic mass is 16.1. The second kappa shape index (κ2) is 5.09. The highest BCUT2D eigenvalue weighted by Gasteiger charge is 2.14. The first kappa shape index (κ1) is 10.4. The first-order valence-electron chi connectivity index (χ1n) is 5.44. The molecule has 1 aromatic heterocycles. The second-order valence-corrected chi connectivity index (χ2v) is 4.00. The van der Waals surface area contributed by atoms with Gasteiger partial charge in [-0.1, -0.05) is 0 Å². The van der Waals surface area contributed by atoms with Crippen LogP contribution in [0.2, 0.25) is 0 Å². The van der Waals surface area contributed by atoms with Gasteiger partial charge in [-0.15, -0.1) is 0 Å². The smallest absolute Gasteiger partial charge is 0.192 e. The van der Waals surface area contributed by atoms with E-state index in [-0.39, 0.29) is 5.78 Å². The Bertz CT molecular complexity index is 302. The molecule has 1 fully saturated rings. The molecule has 4 heteroatoms. The van der Waals surface area contributed by atoms with Crippen LogP contribution in [0.5, 0.6) is 0 Å². The molecule has 4 nitrogen and oxygen atoms in total. The van der Waals surface area contributed by atoms with Gasteiger partial charge in [-0.2, -0.15) is 0 Å². The van der Waals surface area contributed by atoms with Crippen molar-refractivity contribution in [1.29, 1.82) is 0 Å². The van der Waals surface area contributed by atoms with Crippen LogP contribution in [0.4, 0.5) is 0 Å². The Morgan fingerprint density at radius 1 is 1.60 bits per heavy atom. The fourth-order valence-corrected chi connectivity index (χ4v) is 1.88. The number of ketones is 1. The van der Waals surface area contributed by atoms with Crippen molar-refractivity contribution in [3.05, 3.63) is 24.0 Å². The number of H-pyrrole nitrogens is 1. The van der Waals surface area contributed by atoms with Gasteiger partial charge in [-0.25, -0.2) is 0 Å². The number of carbonyl (C=O) groups is 1. The minimum absolute atomic E-state index is 0.131. The number of hydrogen-bond acceptors (Lipinski definition) is 3. The molecule has 2 heterocycles. The van der Waals surface area contributed by atoms with E-state index in [2.05, 4.69) is 15.6 Å². The molecule has 1 aliphatic heterocycles. The molecule has 82 valence electrons. The van der Waals surface area contributed by atoms with Crippen LogP contribution in [0, 0.1) is 5.92 Å². The van der Waals surface area contributed by atoms with Gasteiger partial charge in [0.05, 0.1) is 12.2 Å². The molecule has 0 unspecified atom stereocenters. The van der Waals surface area contributed by atoms with Crippen molar-refractivity contribution < 1.29 is 4.79 Å². The second-order valence-electron chi connectivity index (χ2n) is 4.00. The minimum Gasteiger partial charge on any atom is -0.359 e. The molecule has 15 heavy (non-hydrogen) atoms. The van der Waals surface area contributed by atoms with E-state index in [1.165, 1.54) is 6.42 Å². The van der Waals surface area contributed by atoms with Crippen molar-refractivity contribution in [2.45, 2.75) is 6.42 Å². The van der Waals surface area contributed by atoms with Crippen LogP contribution in [0.3, 0.4) is 0 Å². The first-order valence-corrected chi connectivity index (χ1v) is 5.44. The summed E-state index contributed by atoms with van der Waals surface area (Å²) in [6.45, 7) is 3.54. The van der Waals surface area contributed by atoms with E-state index in [1.54, 1.807) is 12.3 Å². The van der Waals surface area contributed by atoms with Gasteiger partial charge in [0.15, 0.2) is 5.78 Å². The molecular formula is C11H17N3O. The largest absolute Gasteiger partial charge is 0.359 e. The Labute approximate surface area is 89.5 Å². The van der Waals surface area contributed by atoms with Gasteiger partial charge < -0.3 is 15.6 Å². The average molecular weight is 207 g/mol. The SMILES string of the molecule is O=C(CNC[C@@H]1CCNC1)c1ccc[nH]1. The van der Waals surface area contributed by atoms with Crippen LogP contribution in [-0.2, 0) is 0 Å². The van der Waals surface area contributed by atoms with E-state index in [1.807, 2.05) is 6.07 Å². The summed E-state index contributed by atoms with van der Waals surface area (Å²) < 4.78 is 0. The summed E-state index contributed by atoms with van der Waals surface area (Å²) in [5, 5.41) is 6.51. The number of carbonyl (C=O) groups excluding carboxylic acids is 1. The Balaban J connectivity index is 1.67. The highest BCUT2D eigenvalue weighted by molar-refractivity contribution is 5.95. The summed E-state index contributed by atoms with van der Waals surface area (Å²) >= 11 is 0. The topological polar surface area (TPSA) is 56.9 Å². The number of rotatable bonds is 5. The van der Waals surface area contributed by atoms with Gasteiger partial charge in [0.1, 0.15) is 0 Å². The molecule has 3 N–H and O–H groups in total. The van der Waals surface area contributed by atoms with E-state index in [9.17, 15) is 4.79 Å². The molecule has 0 aliphatic carbocycles. The first-order chi connectivity index (χ1) is 7.36. The molecule has 1 saturated heterocycles. The third-order valence-electron chi connectivity index (χ3n) is 2.78. The number of nitrogens with one attached hydrogen (secondary N) is 3. The van der Waals surface area contributed by atoms with Crippen LogP contribution in [-0.4, -0.2) is 36.9 Å². The Morgan fingerprint density at radius 3 is 3.20 bits per heavy atom. The van der Waals surface area contributed by atoms with Crippen molar-refractivity contribution in [2.24, 2.45) is 5.92 Å². The zero-order valence-corrected chi connectivity index (χ0v) is 8.75. The van der Waals surface area contributed by atoms with Crippen molar-refractivity contribution >= 4 is 5.78 Å². The van der Waals surface area contributed by atoms with Crippen molar-refractivity contribution in [3.63, 3.8) is 0 Å². The lowest BCUT2D eigenvalue weighted by Gasteiger charge is -2.08. The maximum atomic E-state index is 11.6. The maximum absolute atomic E-state index is 11.6. The van der Waals surface area contributed by atoms with E-state index in [0.717, 1.165) is 19.6 Å². The van der Waals surface area contributed by atoms with Crippen LogP contribution in [0.1, 0.15) is 16.9 Å². The lowest BCUT2D eigenvalue weighted by molar-refractivity contribution is 0.0986. The molecule has 1 atom stereocenters. The fourth-order valence-electron chi connectivity index (χ4n) is 1.88. The lowest BCUT2D eigenvalue weighted by Crippen LogP contribution is -2.29. The van der Waals surface area contributed by atoms with Crippen molar-refractivity contribution in [3.8, 4) is 0 Å². The third-order valence-corrected chi connectivity index (χ3v) is 2.78. The number of aromatic nitrogens is 1. The van der Waals surface area contributed by atoms with Gasteiger partial charge in [0.2, 0.25) is 0 Å². The molecule has 0 aromatic carbocycles. The van der Waals surface area contributed by atoms with Crippen molar-refractivity contribution in [2.75, 3.05) is 26.2 Å². The van der Waals surface area contributed by atoms with E-state index in [4.69, 9.17) is 0 Å². The molecule has 0 radical (unpaired) electrons. The molecule has 0 bridgehead atoms. The molecule has 1 aliphatic rings.